The predicted octanol–water partition coefficient (Wildman–Crippen LogP) is 1.08. The molecule has 0 saturated carbocycles. The number of hydrogen-bond acceptors (Lipinski definition) is 5. The van der Waals surface area contributed by atoms with Crippen LogP contribution in [0.3, 0.4) is 0 Å². The molecule has 0 bridgehead atoms. The lowest BCUT2D eigenvalue weighted by Gasteiger charge is -2.35. The third kappa shape index (κ3) is 4.59. The van der Waals surface area contributed by atoms with Gasteiger partial charge in [-0.05, 0) is 19.9 Å². The maximum absolute atomic E-state index is 12.3. The zero-order valence-corrected chi connectivity index (χ0v) is 14.4. The Kier molecular flexibility index (Phi) is 7.62. The van der Waals surface area contributed by atoms with Crippen molar-refractivity contribution in [2.24, 2.45) is 5.92 Å². The fourth-order valence-corrected chi connectivity index (χ4v) is 2.97. The van der Waals surface area contributed by atoms with E-state index >= 15 is 0 Å². The fourth-order valence-electron chi connectivity index (χ4n) is 2.97. The minimum atomic E-state index is 0. The second-order valence-electron chi connectivity index (χ2n) is 5.72. The summed E-state index contributed by atoms with van der Waals surface area (Å²) in [4.78, 5) is 16.7. The van der Waals surface area contributed by atoms with Crippen molar-refractivity contribution >= 4 is 30.7 Å². The second-order valence-corrected chi connectivity index (χ2v) is 5.72. The van der Waals surface area contributed by atoms with E-state index in [0.29, 0.717) is 5.91 Å². The highest BCUT2D eigenvalue weighted by Gasteiger charge is 2.29. The summed E-state index contributed by atoms with van der Waals surface area (Å²) in [6, 6.07) is 1.97. The number of rotatable bonds is 3. The minimum absolute atomic E-state index is 0. The van der Waals surface area contributed by atoms with Gasteiger partial charge in [-0.25, -0.2) is 0 Å². The Labute approximate surface area is 143 Å². The Morgan fingerprint density at radius 2 is 2.09 bits per heavy atom. The van der Waals surface area contributed by atoms with Gasteiger partial charge in [0, 0.05) is 45.3 Å². The summed E-state index contributed by atoms with van der Waals surface area (Å²) >= 11 is 0. The van der Waals surface area contributed by atoms with Crippen molar-refractivity contribution in [2.75, 3.05) is 39.3 Å². The maximum Gasteiger partial charge on any atom is 0.227 e. The molecule has 3 rings (SSSR count). The van der Waals surface area contributed by atoms with Gasteiger partial charge in [-0.15, -0.1) is 24.8 Å². The van der Waals surface area contributed by atoms with Gasteiger partial charge in [0.2, 0.25) is 5.91 Å². The van der Waals surface area contributed by atoms with Crippen molar-refractivity contribution in [3.8, 4) is 0 Å². The molecule has 1 atom stereocenters. The van der Waals surface area contributed by atoms with E-state index in [1.54, 1.807) is 0 Å². The molecular weight excluding hydrogens is 327 g/mol. The van der Waals surface area contributed by atoms with E-state index < -0.39 is 0 Å². The van der Waals surface area contributed by atoms with Crippen LogP contribution in [0.2, 0.25) is 0 Å². The molecule has 1 amide bonds. The van der Waals surface area contributed by atoms with Crippen molar-refractivity contribution < 1.29 is 9.32 Å². The molecule has 0 aromatic carbocycles. The van der Waals surface area contributed by atoms with Crippen LogP contribution in [0.15, 0.2) is 10.6 Å². The van der Waals surface area contributed by atoms with E-state index in [0.717, 1.165) is 63.7 Å². The Morgan fingerprint density at radius 3 is 2.64 bits per heavy atom. The van der Waals surface area contributed by atoms with E-state index in [1.165, 1.54) is 0 Å². The number of halogens is 2. The van der Waals surface area contributed by atoms with Crippen LogP contribution in [-0.2, 0) is 11.3 Å². The first-order chi connectivity index (χ1) is 9.72. The number of piperazine rings is 1. The van der Waals surface area contributed by atoms with Gasteiger partial charge in [0.15, 0.2) is 0 Å². The Bertz CT molecular complexity index is 469. The quantitative estimate of drug-likeness (QED) is 0.883. The summed E-state index contributed by atoms with van der Waals surface area (Å²) in [6.07, 6.45) is 0.983. The largest absolute Gasteiger partial charge is 0.361 e. The average molecular weight is 351 g/mol. The van der Waals surface area contributed by atoms with Crippen LogP contribution in [0.25, 0.3) is 0 Å². The fraction of sp³-hybridized carbons (Fsp3) is 0.714. The molecule has 2 aliphatic heterocycles. The number of nitrogens with one attached hydrogen (secondary N) is 1. The van der Waals surface area contributed by atoms with Gasteiger partial charge >= 0.3 is 0 Å². The number of amides is 1. The number of hydrogen-bond donors (Lipinski definition) is 1. The number of aryl methyl sites for hydroxylation is 1. The molecular formula is C14H24Cl2N4O2. The van der Waals surface area contributed by atoms with Crippen molar-refractivity contribution in [1.29, 1.82) is 0 Å². The summed E-state index contributed by atoms with van der Waals surface area (Å²) in [5, 5.41) is 7.28. The van der Waals surface area contributed by atoms with Crippen molar-refractivity contribution in [1.82, 2.24) is 20.3 Å². The zero-order chi connectivity index (χ0) is 13.9. The molecule has 3 heterocycles. The van der Waals surface area contributed by atoms with Crippen LogP contribution >= 0.6 is 24.8 Å². The summed E-state index contributed by atoms with van der Waals surface area (Å²) in [6.45, 7) is 8.01. The summed E-state index contributed by atoms with van der Waals surface area (Å²) in [7, 11) is 0. The van der Waals surface area contributed by atoms with E-state index in [2.05, 4.69) is 15.4 Å². The molecule has 1 N–H and O–H groups in total. The highest BCUT2D eigenvalue weighted by molar-refractivity contribution is 5.85. The Balaban J connectivity index is 0.00000121. The van der Waals surface area contributed by atoms with Crippen LogP contribution in [-0.4, -0.2) is 60.1 Å². The van der Waals surface area contributed by atoms with Gasteiger partial charge in [-0.2, -0.15) is 0 Å². The van der Waals surface area contributed by atoms with Crippen molar-refractivity contribution in [3.05, 3.63) is 17.5 Å². The van der Waals surface area contributed by atoms with Gasteiger partial charge in [-0.3, -0.25) is 9.69 Å². The standard InChI is InChI=1S/C14H22N4O2.2ClH/c1-11-8-13(16-20-11)10-17-4-6-18(7-5-17)14(19)12-2-3-15-9-12;;/h8,12,15H,2-7,9-10H2,1H3;2*1H. The van der Waals surface area contributed by atoms with Crippen LogP contribution < -0.4 is 5.32 Å². The lowest BCUT2D eigenvalue weighted by molar-refractivity contribution is -0.136. The molecule has 6 nitrogen and oxygen atoms in total. The normalized spacial score (nSPS) is 22.0. The molecule has 1 unspecified atom stereocenters. The highest BCUT2D eigenvalue weighted by atomic mass is 35.5. The molecule has 2 aliphatic rings. The lowest BCUT2D eigenvalue weighted by Crippen LogP contribution is -2.50. The first-order valence-corrected chi connectivity index (χ1v) is 7.36. The van der Waals surface area contributed by atoms with Crippen LogP contribution in [0.5, 0.6) is 0 Å². The Hall–Kier alpha value is -0.820. The van der Waals surface area contributed by atoms with Crippen molar-refractivity contribution in [2.45, 2.75) is 19.9 Å². The van der Waals surface area contributed by atoms with Gasteiger partial charge in [0.05, 0.1) is 11.6 Å². The third-order valence-electron chi connectivity index (χ3n) is 4.16. The summed E-state index contributed by atoms with van der Waals surface area (Å²) < 4.78 is 5.08. The van der Waals surface area contributed by atoms with E-state index in [9.17, 15) is 4.79 Å². The minimum Gasteiger partial charge on any atom is -0.361 e. The van der Waals surface area contributed by atoms with Gasteiger partial charge in [0.25, 0.3) is 0 Å². The molecule has 22 heavy (non-hydrogen) atoms. The molecule has 1 aromatic heterocycles. The molecule has 8 heteroatoms. The first kappa shape index (κ1) is 19.2. The summed E-state index contributed by atoms with van der Waals surface area (Å²) in [5.74, 6) is 1.37. The molecule has 126 valence electrons. The smallest absolute Gasteiger partial charge is 0.227 e. The van der Waals surface area contributed by atoms with Crippen LogP contribution in [0.1, 0.15) is 17.9 Å². The van der Waals surface area contributed by atoms with E-state index in [-0.39, 0.29) is 30.7 Å². The molecule has 0 radical (unpaired) electrons. The summed E-state index contributed by atoms with van der Waals surface area (Å²) in [5.41, 5.74) is 0.974. The Morgan fingerprint density at radius 1 is 1.36 bits per heavy atom. The predicted molar refractivity (Wildman–Crippen MR) is 88.6 cm³/mol. The monoisotopic (exact) mass is 350 g/mol. The number of nitrogens with zero attached hydrogens (tertiary/aromatic N) is 3. The highest BCUT2D eigenvalue weighted by Crippen LogP contribution is 2.15. The zero-order valence-electron chi connectivity index (χ0n) is 12.8. The SMILES string of the molecule is Cc1cc(CN2CCN(C(=O)C3CCNC3)CC2)no1.Cl.Cl. The molecule has 1 aromatic rings. The van der Waals surface area contributed by atoms with Crippen LogP contribution in [0, 0.1) is 12.8 Å². The molecule has 2 fully saturated rings. The van der Waals surface area contributed by atoms with E-state index in [4.69, 9.17) is 4.52 Å². The molecule has 2 saturated heterocycles. The van der Waals surface area contributed by atoms with Gasteiger partial charge < -0.3 is 14.7 Å². The maximum atomic E-state index is 12.3. The van der Waals surface area contributed by atoms with E-state index in [1.807, 2.05) is 17.9 Å². The topological polar surface area (TPSA) is 61.6 Å². The number of aromatic nitrogens is 1. The lowest BCUT2D eigenvalue weighted by atomic mass is 10.1. The molecule has 0 aliphatic carbocycles. The molecule has 0 spiro atoms. The number of carbonyl (C=O) groups excluding carboxylic acids is 1. The van der Waals surface area contributed by atoms with Crippen molar-refractivity contribution in [3.63, 3.8) is 0 Å². The average Bonchev–Trinajstić information content (AvgIpc) is 3.11. The number of carbonyl (C=O) groups is 1. The van der Waals surface area contributed by atoms with Gasteiger partial charge in [0.1, 0.15) is 5.76 Å². The van der Waals surface area contributed by atoms with Gasteiger partial charge in [-0.1, -0.05) is 5.16 Å². The first-order valence-electron chi connectivity index (χ1n) is 7.36. The second kappa shape index (κ2) is 8.72. The third-order valence-corrected chi connectivity index (χ3v) is 4.16. The van der Waals surface area contributed by atoms with Crippen LogP contribution in [0.4, 0.5) is 0 Å².